The number of fused-ring (bicyclic) bond motifs is 1. The lowest BCUT2D eigenvalue weighted by Crippen LogP contribution is -2.53. The number of nitrogens with one attached hydrogen (secondary N) is 7. The van der Waals surface area contributed by atoms with Crippen molar-refractivity contribution in [3.63, 3.8) is 0 Å². The lowest BCUT2D eigenvalue weighted by atomic mass is 10.0. The molecular formula is C40H62N10O9S2. The van der Waals surface area contributed by atoms with Gasteiger partial charge < -0.3 is 52.0 Å². The van der Waals surface area contributed by atoms with Crippen molar-refractivity contribution in [3.8, 4) is 0 Å². The molecule has 21 heteroatoms. The Morgan fingerprint density at radius 1 is 0.902 bits per heavy atom. The Bertz CT molecular complexity index is 1880. The van der Waals surface area contributed by atoms with Gasteiger partial charge in [0, 0.05) is 37.0 Å². The third kappa shape index (κ3) is 18.6. The Hall–Kier alpha value is -5.02. The van der Waals surface area contributed by atoms with Crippen molar-refractivity contribution in [2.24, 2.45) is 4.99 Å². The van der Waals surface area contributed by atoms with Crippen molar-refractivity contribution in [3.05, 3.63) is 23.2 Å². The van der Waals surface area contributed by atoms with Crippen molar-refractivity contribution in [2.75, 3.05) is 51.3 Å². The van der Waals surface area contributed by atoms with Gasteiger partial charge in [0.05, 0.1) is 23.3 Å². The highest BCUT2D eigenvalue weighted by molar-refractivity contribution is 8.15. The highest BCUT2D eigenvalue weighted by Crippen LogP contribution is 2.31. The molecule has 2 heterocycles. The fourth-order valence-corrected chi connectivity index (χ4v) is 8.08. The maximum absolute atomic E-state index is 13.4. The molecule has 61 heavy (non-hydrogen) atoms. The number of carboxylic acid groups (broad SMARTS) is 1. The number of hydrogen-bond acceptors (Lipinski definition) is 14. The molecule has 0 radical (unpaired) electrons. The number of carboxylic acids is 1. The Morgan fingerprint density at radius 3 is 2.26 bits per heavy atom. The number of rotatable bonds is 24. The van der Waals surface area contributed by atoms with Crippen molar-refractivity contribution in [2.45, 2.75) is 116 Å². The first-order valence-corrected chi connectivity index (χ1v) is 22.1. The SMILES string of the molecule is CC(=O)NCCCCC(NC(=O)[C@H](C)NC(=O)CNC(=O)CNC(=O)[C@H](CCCCN(C)C)NC(=O)OC(C)(C)C)C(C)Nc1ccc2nc(C3=NC(C(=O)O)CS3)sc2c1. The van der Waals surface area contributed by atoms with Gasteiger partial charge >= 0.3 is 12.1 Å². The van der Waals surface area contributed by atoms with Crippen LogP contribution in [-0.4, -0.2) is 143 Å². The summed E-state index contributed by atoms with van der Waals surface area (Å²) in [7, 11) is 3.88. The van der Waals surface area contributed by atoms with E-state index < -0.39 is 72.5 Å². The standard InChI is InChI=1S/C40H62N10O9S2/c1-23(44-26-15-16-28-31(19-26)61-37(47-28)36-48-30(22-60-36)38(56)57)27(13-9-11-17-41-25(3)51)46-34(54)24(2)45-33(53)21-42-32(52)20-43-35(55)29(14-10-12-18-50(7)8)49-39(58)59-40(4,5)6/h15-16,19,23-24,27,29-30,44H,9-14,17-18,20-22H2,1-8H3,(H,41,51)(H,42,52)(H,43,55)(H,45,53)(H,46,54)(H,49,58)(H,56,57)/t23?,24-,27?,29-,30?/m0/s1. The zero-order valence-electron chi connectivity index (χ0n) is 36.3. The van der Waals surface area contributed by atoms with E-state index in [1.165, 1.54) is 36.9 Å². The van der Waals surface area contributed by atoms with Gasteiger partial charge in [-0.3, -0.25) is 29.0 Å². The monoisotopic (exact) mass is 890 g/mol. The predicted octanol–water partition coefficient (Wildman–Crippen LogP) is 2.20. The number of alkyl carbamates (subject to hydrolysis) is 1. The Kier molecular flexibility index (Phi) is 20.2. The van der Waals surface area contributed by atoms with E-state index in [-0.39, 0.29) is 18.0 Å². The Labute approximate surface area is 365 Å². The van der Waals surface area contributed by atoms with Crippen LogP contribution < -0.4 is 37.2 Å². The van der Waals surface area contributed by atoms with Crippen molar-refractivity contribution >= 4 is 85.6 Å². The van der Waals surface area contributed by atoms with Gasteiger partial charge in [-0.1, -0.05) is 0 Å². The van der Waals surface area contributed by atoms with Crippen LogP contribution in [0.3, 0.4) is 0 Å². The number of aromatic nitrogens is 1. The lowest BCUT2D eigenvalue weighted by molar-refractivity contribution is -0.137. The van der Waals surface area contributed by atoms with E-state index in [0.29, 0.717) is 54.5 Å². The average Bonchev–Trinajstić information content (AvgIpc) is 3.84. The van der Waals surface area contributed by atoms with Crippen LogP contribution in [0.5, 0.6) is 0 Å². The lowest BCUT2D eigenvalue weighted by Gasteiger charge is -2.28. The molecule has 0 bridgehead atoms. The van der Waals surface area contributed by atoms with Gasteiger partial charge in [0.25, 0.3) is 0 Å². The number of thiazole rings is 1. The number of thioether (sulfide) groups is 1. The summed E-state index contributed by atoms with van der Waals surface area (Å²) in [5.41, 5.74) is 0.757. The summed E-state index contributed by atoms with van der Waals surface area (Å²) in [6, 6.07) is 2.31. The smallest absolute Gasteiger partial charge is 0.408 e. The first-order chi connectivity index (χ1) is 28.7. The normalized spacial score (nSPS) is 15.8. The summed E-state index contributed by atoms with van der Waals surface area (Å²) in [4.78, 5) is 97.9. The maximum atomic E-state index is 13.4. The Balaban J connectivity index is 1.54. The number of nitrogens with zero attached hydrogens (tertiary/aromatic N) is 3. The molecule has 1 aliphatic heterocycles. The summed E-state index contributed by atoms with van der Waals surface area (Å²) in [5, 5.41) is 30.0. The van der Waals surface area contributed by atoms with Crippen LogP contribution in [0, 0.1) is 0 Å². The number of ether oxygens (including phenoxy) is 1. The van der Waals surface area contributed by atoms with Gasteiger partial charge in [0.2, 0.25) is 29.5 Å². The highest BCUT2D eigenvalue weighted by Gasteiger charge is 2.28. The van der Waals surface area contributed by atoms with Crippen LogP contribution in [0.1, 0.15) is 85.1 Å². The summed E-state index contributed by atoms with van der Waals surface area (Å²) in [6.07, 6.45) is 2.93. The molecule has 338 valence electrons. The molecule has 19 nitrogen and oxygen atoms in total. The van der Waals surface area contributed by atoms with Crippen molar-refractivity contribution < 1.29 is 43.4 Å². The van der Waals surface area contributed by atoms with Crippen LogP contribution in [0.2, 0.25) is 0 Å². The van der Waals surface area contributed by atoms with Crippen LogP contribution in [0.4, 0.5) is 10.5 Å². The number of hydrogen-bond donors (Lipinski definition) is 8. The van der Waals surface area contributed by atoms with Gasteiger partial charge in [-0.05, 0) is 112 Å². The summed E-state index contributed by atoms with van der Waals surface area (Å²) in [6.45, 7) is 10.4. The molecule has 1 aliphatic rings. The minimum Gasteiger partial charge on any atom is -0.480 e. The molecule has 3 rings (SSSR count). The van der Waals surface area contributed by atoms with Crippen molar-refractivity contribution in [1.29, 1.82) is 0 Å². The molecule has 3 unspecified atom stereocenters. The molecule has 0 fully saturated rings. The average molecular weight is 891 g/mol. The number of amides is 6. The molecule has 1 aromatic carbocycles. The molecule has 5 atom stereocenters. The highest BCUT2D eigenvalue weighted by atomic mass is 32.2. The van der Waals surface area contributed by atoms with Gasteiger partial charge in [-0.2, -0.15) is 0 Å². The zero-order valence-corrected chi connectivity index (χ0v) is 37.9. The van der Waals surface area contributed by atoms with E-state index >= 15 is 0 Å². The number of unbranched alkanes of at least 4 members (excludes halogenated alkanes) is 2. The number of benzene rings is 1. The topological polar surface area (TPSA) is 262 Å². The zero-order chi connectivity index (χ0) is 45.3. The third-order valence-electron chi connectivity index (χ3n) is 9.14. The minimum absolute atomic E-state index is 0.129. The van der Waals surface area contributed by atoms with Crippen LogP contribution in [0.15, 0.2) is 23.2 Å². The molecule has 6 amide bonds. The van der Waals surface area contributed by atoms with E-state index in [0.717, 1.165) is 28.9 Å². The van der Waals surface area contributed by atoms with E-state index in [1.54, 1.807) is 20.8 Å². The minimum atomic E-state index is -0.968. The van der Waals surface area contributed by atoms with E-state index in [9.17, 15) is 38.7 Å². The molecular weight excluding hydrogens is 829 g/mol. The van der Waals surface area contributed by atoms with Crippen LogP contribution in [-0.2, 0) is 33.5 Å². The number of carbonyl (C=O) groups excluding carboxylic acids is 6. The fraction of sp³-hybridized carbons (Fsp3) is 0.625. The number of aliphatic imine (C=N–C) groups is 1. The summed E-state index contributed by atoms with van der Waals surface area (Å²) < 4.78 is 6.18. The van der Waals surface area contributed by atoms with Crippen LogP contribution in [0.25, 0.3) is 10.2 Å². The van der Waals surface area contributed by atoms with E-state index in [2.05, 4.69) is 47.2 Å². The van der Waals surface area contributed by atoms with Gasteiger partial charge in [0.15, 0.2) is 6.04 Å². The molecule has 1 aromatic heterocycles. The molecule has 8 N–H and O–H groups in total. The molecule has 2 aromatic rings. The fourth-order valence-electron chi connectivity index (χ4n) is 5.98. The molecule has 0 aliphatic carbocycles. The second-order valence-corrected chi connectivity index (χ2v) is 18.1. The largest absolute Gasteiger partial charge is 0.480 e. The second kappa shape index (κ2) is 24.4. The second-order valence-electron chi connectivity index (χ2n) is 16.1. The maximum Gasteiger partial charge on any atom is 0.408 e. The van der Waals surface area contributed by atoms with Gasteiger partial charge in [-0.15, -0.1) is 23.1 Å². The van der Waals surface area contributed by atoms with E-state index in [4.69, 9.17) is 4.74 Å². The van der Waals surface area contributed by atoms with Gasteiger partial charge in [0.1, 0.15) is 27.7 Å². The Morgan fingerprint density at radius 2 is 1.61 bits per heavy atom. The summed E-state index contributed by atoms with van der Waals surface area (Å²) in [5.74, 6) is -3.02. The first kappa shape index (κ1) is 50.3. The molecule has 0 saturated heterocycles. The summed E-state index contributed by atoms with van der Waals surface area (Å²) >= 11 is 2.78. The van der Waals surface area contributed by atoms with Gasteiger partial charge in [-0.25, -0.2) is 14.6 Å². The third-order valence-corrected chi connectivity index (χ3v) is 11.4. The van der Waals surface area contributed by atoms with Crippen molar-refractivity contribution in [1.82, 2.24) is 41.8 Å². The quantitative estimate of drug-likeness (QED) is 0.0705. The first-order valence-electron chi connectivity index (χ1n) is 20.3. The number of carbonyl (C=O) groups is 7. The molecule has 0 spiro atoms. The predicted molar refractivity (Wildman–Crippen MR) is 237 cm³/mol. The number of aliphatic carboxylic acids is 1. The number of anilines is 1. The molecule has 0 saturated carbocycles. The van der Waals surface area contributed by atoms with Crippen LogP contribution >= 0.6 is 23.1 Å². The van der Waals surface area contributed by atoms with E-state index in [1.807, 2.05) is 44.1 Å².